The molecule has 0 aromatic heterocycles. The van der Waals surface area contributed by atoms with Crippen molar-refractivity contribution in [1.82, 2.24) is 0 Å². The van der Waals surface area contributed by atoms with Gasteiger partial charge in [-0.1, -0.05) is 24.3 Å². The molecule has 1 unspecified atom stereocenters. The van der Waals surface area contributed by atoms with Crippen molar-refractivity contribution in [2.75, 3.05) is 13.7 Å². The fourth-order valence-corrected chi connectivity index (χ4v) is 3.48. The van der Waals surface area contributed by atoms with Crippen LogP contribution in [-0.2, 0) is 20.9 Å². The van der Waals surface area contributed by atoms with Gasteiger partial charge in [0.2, 0.25) is 5.88 Å². The van der Waals surface area contributed by atoms with E-state index in [1.165, 1.54) is 19.2 Å². The molecular formula is C24H23FN2O5. The zero-order valence-corrected chi connectivity index (χ0v) is 18.0. The SMILES string of the molecule is CCOC(=O)C1=C(C)OC(N)=C(C#N)C1c1cccc(OC)c1OCc1ccc(F)cc1. The molecule has 0 saturated carbocycles. The summed E-state index contributed by atoms with van der Waals surface area (Å²) < 4.78 is 35.4. The molecule has 2 aromatic carbocycles. The van der Waals surface area contributed by atoms with Crippen LogP contribution in [0.4, 0.5) is 4.39 Å². The fraction of sp³-hybridized carbons (Fsp3) is 0.250. The number of hydrogen-bond donors (Lipinski definition) is 1. The number of nitriles is 1. The van der Waals surface area contributed by atoms with Gasteiger partial charge < -0.3 is 24.7 Å². The summed E-state index contributed by atoms with van der Waals surface area (Å²) in [6.45, 7) is 3.52. The fourth-order valence-electron chi connectivity index (χ4n) is 3.48. The Kier molecular flexibility index (Phi) is 7.00. The number of halogens is 1. The number of rotatable bonds is 7. The van der Waals surface area contributed by atoms with Crippen molar-refractivity contribution < 1.29 is 28.1 Å². The molecule has 8 heteroatoms. The van der Waals surface area contributed by atoms with E-state index in [4.69, 9.17) is 24.7 Å². The van der Waals surface area contributed by atoms with E-state index in [0.29, 0.717) is 17.1 Å². The minimum absolute atomic E-state index is 0.0542. The van der Waals surface area contributed by atoms with E-state index in [0.717, 1.165) is 5.56 Å². The molecule has 1 aliphatic heterocycles. The summed E-state index contributed by atoms with van der Waals surface area (Å²) in [6, 6.07) is 13.1. The van der Waals surface area contributed by atoms with Crippen LogP contribution in [0.3, 0.4) is 0 Å². The Balaban J connectivity index is 2.12. The molecule has 166 valence electrons. The first-order valence-electron chi connectivity index (χ1n) is 9.90. The maximum absolute atomic E-state index is 13.2. The van der Waals surface area contributed by atoms with E-state index in [1.807, 2.05) is 6.07 Å². The van der Waals surface area contributed by atoms with Crippen LogP contribution in [0.1, 0.15) is 30.9 Å². The minimum atomic E-state index is -0.883. The molecule has 0 amide bonds. The van der Waals surface area contributed by atoms with Crippen molar-refractivity contribution in [2.24, 2.45) is 5.73 Å². The van der Waals surface area contributed by atoms with Crippen LogP contribution in [0.2, 0.25) is 0 Å². The van der Waals surface area contributed by atoms with Crippen molar-refractivity contribution in [3.8, 4) is 17.6 Å². The number of carbonyl (C=O) groups is 1. The number of hydrogen-bond acceptors (Lipinski definition) is 7. The van der Waals surface area contributed by atoms with E-state index in [1.54, 1.807) is 44.2 Å². The first-order valence-corrected chi connectivity index (χ1v) is 9.90. The predicted molar refractivity (Wildman–Crippen MR) is 114 cm³/mol. The van der Waals surface area contributed by atoms with Gasteiger partial charge >= 0.3 is 5.97 Å². The summed E-state index contributed by atoms with van der Waals surface area (Å²) >= 11 is 0. The Morgan fingerprint density at radius 3 is 2.59 bits per heavy atom. The van der Waals surface area contributed by atoms with Crippen molar-refractivity contribution in [3.63, 3.8) is 0 Å². The van der Waals surface area contributed by atoms with E-state index in [9.17, 15) is 14.4 Å². The molecule has 0 bridgehead atoms. The Hall–Kier alpha value is -3.99. The average molecular weight is 438 g/mol. The maximum atomic E-state index is 13.2. The summed E-state index contributed by atoms with van der Waals surface area (Å²) in [5, 5.41) is 9.81. The first-order chi connectivity index (χ1) is 15.4. The predicted octanol–water partition coefficient (Wildman–Crippen LogP) is 4.06. The van der Waals surface area contributed by atoms with Crippen LogP contribution in [0.5, 0.6) is 11.5 Å². The van der Waals surface area contributed by atoms with Crippen LogP contribution < -0.4 is 15.2 Å². The zero-order valence-electron chi connectivity index (χ0n) is 18.0. The van der Waals surface area contributed by atoms with Gasteiger partial charge in [0.1, 0.15) is 29.8 Å². The van der Waals surface area contributed by atoms with Crippen LogP contribution >= 0.6 is 0 Å². The molecule has 2 N–H and O–H groups in total. The van der Waals surface area contributed by atoms with Crippen molar-refractivity contribution >= 4 is 5.97 Å². The van der Waals surface area contributed by atoms with Gasteiger partial charge in [-0.3, -0.25) is 0 Å². The van der Waals surface area contributed by atoms with Gasteiger partial charge in [-0.15, -0.1) is 0 Å². The standard InChI is InChI=1S/C24H23FN2O5/c1-4-30-24(28)20-14(2)32-23(27)18(12-26)21(20)17-6-5-7-19(29-3)22(17)31-13-15-8-10-16(25)11-9-15/h5-11,21H,4,13,27H2,1-3H3. The minimum Gasteiger partial charge on any atom is -0.493 e. The second-order valence-corrected chi connectivity index (χ2v) is 6.91. The highest BCUT2D eigenvalue weighted by molar-refractivity contribution is 5.93. The lowest BCUT2D eigenvalue weighted by atomic mass is 9.82. The van der Waals surface area contributed by atoms with Crippen molar-refractivity contribution in [2.45, 2.75) is 26.4 Å². The summed E-state index contributed by atoms with van der Waals surface area (Å²) in [6.07, 6.45) is 0. The van der Waals surface area contributed by atoms with Gasteiger partial charge in [-0.25, -0.2) is 9.18 Å². The molecular weight excluding hydrogens is 415 g/mol. The average Bonchev–Trinajstić information content (AvgIpc) is 2.78. The second-order valence-electron chi connectivity index (χ2n) is 6.91. The molecule has 7 nitrogen and oxygen atoms in total. The lowest BCUT2D eigenvalue weighted by Gasteiger charge is -2.28. The monoisotopic (exact) mass is 438 g/mol. The molecule has 0 radical (unpaired) electrons. The number of esters is 1. The van der Waals surface area contributed by atoms with Gasteiger partial charge in [0.15, 0.2) is 11.5 Å². The molecule has 1 aliphatic rings. The van der Waals surface area contributed by atoms with Crippen LogP contribution in [0.25, 0.3) is 0 Å². The van der Waals surface area contributed by atoms with Crippen molar-refractivity contribution in [1.29, 1.82) is 5.26 Å². The highest BCUT2D eigenvalue weighted by Crippen LogP contribution is 2.46. The normalized spacial score (nSPS) is 15.7. The van der Waals surface area contributed by atoms with Gasteiger partial charge in [0, 0.05) is 5.56 Å². The van der Waals surface area contributed by atoms with Crippen molar-refractivity contribution in [3.05, 3.63) is 82.2 Å². The molecule has 0 saturated heterocycles. The Morgan fingerprint density at radius 1 is 1.25 bits per heavy atom. The maximum Gasteiger partial charge on any atom is 0.338 e. The van der Waals surface area contributed by atoms with Gasteiger partial charge in [0.05, 0.1) is 25.2 Å². The molecule has 1 heterocycles. The lowest BCUT2D eigenvalue weighted by molar-refractivity contribution is -0.139. The summed E-state index contributed by atoms with van der Waals surface area (Å²) in [7, 11) is 1.48. The number of para-hydroxylation sites is 1. The molecule has 1 atom stereocenters. The number of methoxy groups -OCH3 is 1. The van der Waals surface area contributed by atoms with Gasteiger partial charge in [0.25, 0.3) is 0 Å². The first kappa shape index (κ1) is 22.7. The van der Waals surface area contributed by atoms with E-state index in [-0.39, 0.29) is 41.8 Å². The molecule has 3 rings (SSSR count). The number of benzene rings is 2. The van der Waals surface area contributed by atoms with Gasteiger partial charge in [-0.2, -0.15) is 5.26 Å². The van der Waals surface area contributed by atoms with E-state index >= 15 is 0 Å². The summed E-state index contributed by atoms with van der Waals surface area (Å²) in [5.41, 5.74) is 7.40. The highest BCUT2D eigenvalue weighted by atomic mass is 19.1. The third kappa shape index (κ3) is 4.52. The molecule has 0 spiro atoms. The quantitative estimate of drug-likeness (QED) is 0.650. The molecule has 2 aromatic rings. The molecule has 0 aliphatic carbocycles. The van der Waals surface area contributed by atoms with E-state index in [2.05, 4.69) is 0 Å². The number of allylic oxidation sites excluding steroid dienone is 2. The van der Waals surface area contributed by atoms with Crippen LogP contribution in [-0.4, -0.2) is 19.7 Å². The third-order valence-electron chi connectivity index (χ3n) is 4.94. The molecule has 32 heavy (non-hydrogen) atoms. The third-order valence-corrected chi connectivity index (χ3v) is 4.94. The largest absolute Gasteiger partial charge is 0.493 e. The number of carbonyl (C=O) groups excluding carboxylic acids is 1. The number of ether oxygens (including phenoxy) is 4. The topological polar surface area (TPSA) is 104 Å². The number of nitrogens with zero attached hydrogens (tertiary/aromatic N) is 1. The van der Waals surface area contributed by atoms with Crippen LogP contribution in [0, 0.1) is 17.1 Å². The number of nitrogens with two attached hydrogens (primary N) is 1. The second kappa shape index (κ2) is 9.88. The Morgan fingerprint density at radius 2 is 1.97 bits per heavy atom. The Bertz CT molecular complexity index is 1120. The zero-order chi connectivity index (χ0) is 23.3. The highest BCUT2D eigenvalue weighted by Gasteiger charge is 2.38. The Labute approximate surface area is 185 Å². The van der Waals surface area contributed by atoms with Crippen LogP contribution in [0.15, 0.2) is 65.3 Å². The molecule has 0 fully saturated rings. The smallest absolute Gasteiger partial charge is 0.338 e. The summed E-state index contributed by atoms with van der Waals surface area (Å²) in [5.74, 6) is -1.01. The van der Waals surface area contributed by atoms with Gasteiger partial charge in [-0.05, 0) is 37.6 Å². The summed E-state index contributed by atoms with van der Waals surface area (Å²) in [4.78, 5) is 12.8. The lowest BCUT2D eigenvalue weighted by Crippen LogP contribution is -2.26. The van der Waals surface area contributed by atoms with E-state index < -0.39 is 11.9 Å².